The van der Waals surface area contributed by atoms with Crippen LogP contribution < -0.4 is 5.32 Å². The average Bonchev–Trinajstić information content (AvgIpc) is 3.32. The van der Waals surface area contributed by atoms with Crippen LogP contribution in [-0.4, -0.2) is 47.4 Å². The second-order valence-electron chi connectivity index (χ2n) is 21.1. The highest BCUT2D eigenvalue weighted by Crippen LogP contribution is 2.18. The summed E-state index contributed by atoms with van der Waals surface area (Å²) >= 11 is 0. The molecular formula is C60H119NO5. The Bertz CT molecular complexity index is 944. The van der Waals surface area contributed by atoms with Gasteiger partial charge in [-0.05, 0) is 25.7 Å². The molecule has 0 saturated heterocycles. The number of hydrogen-bond donors (Lipinski definition) is 3. The van der Waals surface area contributed by atoms with Gasteiger partial charge in [0.15, 0.2) is 0 Å². The molecule has 3 N–H and O–H groups in total. The van der Waals surface area contributed by atoms with E-state index in [1.165, 1.54) is 276 Å². The smallest absolute Gasteiger partial charge is 0.305 e. The molecule has 2 unspecified atom stereocenters. The van der Waals surface area contributed by atoms with Gasteiger partial charge in [0.1, 0.15) is 0 Å². The molecule has 0 bridgehead atoms. The van der Waals surface area contributed by atoms with Crippen LogP contribution in [0.2, 0.25) is 0 Å². The molecule has 0 rings (SSSR count). The quantitative estimate of drug-likeness (QED) is 0.0417. The Morgan fingerprint density at radius 2 is 0.621 bits per heavy atom. The summed E-state index contributed by atoms with van der Waals surface area (Å²) in [6, 6.07) is -0.539. The molecule has 0 heterocycles. The van der Waals surface area contributed by atoms with Crippen LogP contribution in [0, 0.1) is 0 Å². The highest BCUT2D eigenvalue weighted by atomic mass is 16.5. The van der Waals surface area contributed by atoms with Crippen LogP contribution in [0.3, 0.4) is 0 Å². The summed E-state index contributed by atoms with van der Waals surface area (Å²) in [7, 11) is 0. The summed E-state index contributed by atoms with van der Waals surface area (Å²) in [4.78, 5) is 24.5. The van der Waals surface area contributed by atoms with Crippen molar-refractivity contribution >= 4 is 11.9 Å². The molecule has 6 heteroatoms. The van der Waals surface area contributed by atoms with Crippen LogP contribution >= 0.6 is 0 Å². The molecule has 0 saturated carbocycles. The number of amides is 1. The van der Waals surface area contributed by atoms with Crippen LogP contribution in [0.25, 0.3) is 0 Å². The first-order valence-electron chi connectivity index (χ1n) is 30.3. The van der Waals surface area contributed by atoms with Gasteiger partial charge in [-0.2, -0.15) is 0 Å². The molecule has 0 fully saturated rings. The number of nitrogens with one attached hydrogen (secondary N) is 1. The van der Waals surface area contributed by atoms with Crippen molar-refractivity contribution in [3.05, 3.63) is 0 Å². The van der Waals surface area contributed by atoms with Gasteiger partial charge in [-0.1, -0.05) is 309 Å². The van der Waals surface area contributed by atoms with E-state index in [-0.39, 0.29) is 18.5 Å². The minimum atomic E-state index is -0.661. The molecule has 394 valence electrons. The van der Waals surface area contributed by atoms with Crippen LogP contribution in [0.4, 0.5) is 0 Å². The monoisotopic (exact) mass is 934 g/mol. The fourth-order valence-electron chi connectivity index (χ4n) is 9.76. The van der Waals surface area contributed by atoms with E-state index in [4.69, 9.17) is 4.74 Å². The van der Waals surface area contributed by atoms with Crippen LogP contribution in [0.15, 0.2) is 0 Å². The zero-order valence-corrected chi connectivity index (χ0v) is 45.0. The molecular weight excluding hydrogens is 815 g/mol. The van der Waals surface area contributed by atoms with Gasteiger partial charge in [-0.25, -0.2) is 0 Å². The summed E-state index contributed by atoms with van der Waals surface area (Å²) < 4.78 is 5.48. The molecule has 6 nitrogen and oxygen atoms in total. The van der Waals surface area contributed by atoms with Crippen molar-refractivity contribution in [2.24, 2.45) is 0 Å². The molecule has 1 amide bonds. The minimum Gasteiger partial charge on any atom is -0.466 e. The normalized spacial score (nSPS) is 12.5. The van der Waals surface area contributed by atoms with Gasteiger partial charge in [-0.3, -0.25) is 9.59 Å². The topological polar surface area (TPSA) is 95.9 Å². The van der Waals surface area contributed by atoms with E-state index < -0.39 is 12.1 Å². The maximum absolute atomic E-state index is 12.5. The molecule has 0 aliphatic rings. The number of ether oxygens (including phenoxy) is 1. The highest BCUT2D eigenvalue weighted by Gasteiger charge is 2.20. The molecule has 0 aromatic carbocycles. The van der Waals surface area contributed by atoms with Gasteiger partial charge >= 0.3 is 5.97 Å². The molecule has 0 aliphatic heterocycles. The van der Waals surface area contributed by atoms with E-state index in [1.807, 2.05) is 0 Å². The Labute approximate surface area is 413 Å². The zero-order chi connectivity index (χ0) is 47.9. The van der Waals surface area contributed by atoms with Crippen molar-refractivity contribution in [1.29, 1.82) is 0 Å². The van der Waals surface area contributed by atoms with Crippen molar-refractivity contribution in [3.8, 4) is 0 Å². The molecule has 66 heavy (non-hydrogen) atoms. The van der Waals surface area contributed by atoms with Gasteiger partial charge in [0.05, 0.1) is 25.4 Å². The third-order valence-corrected chi connectivity index (χ3v) is 14.4. The summed E-state index contributed by atoms with van der Waals surface area (Å²) in [5.41, 5.74) is 0. The van der Waals surface area contributed by atoms with Gasteiger partial charge < -0.3 is 20.3 Å². The maximum Gasteiger partial charge on any atom is 0.305 e. The van der Waals surface area contributed by atoms with Crippen molar-refractivity contribution < 1.29 is 24.5 Å². The Morgan fingerprint density at radius 3 is 0.924 bits per heavy atom. The third-order valence-electron chi connectivity index (χ3n) is 14.4. The maximum atomic E-state index is 12.5. The summed E-state index contributed by atoms with van der Waals surface area (Å²) in [6.45, 7) is 4.98. The van der Waals surface area contributed by atoms with Gasteiger partial charge in [-0.15, -0.1) is 0 Å². The first kappa shape index (κ1) is 64.9. The number of rotatable bonds is 57. The molecule has 0 aromatic rings. The lowest BCUT2D eigenvalue weighted by atomic mass is 10.0. The second kappa shape index (κ2) is 56.4. The molecule has 0 aliphatic carbocycles. The number of hydrogen-bond acceptors (Lipinski definition) is 5. The standard InChI is InChI=1S/C60H119NO5/c1-3-5-7-9-11-13-15-28-32-36-40-44-48-52-58(63)57(56-62)61-59(64)53-49-45-41-37-33-30-26-24-22-20-18-17-19-21-23-25-27-31-35-39-43-47-51-55-66-60(65)54-50-46-42-38-34-29-16-14-12-10-8-6-4-2/h57-58,62-63H,3-56H2,1-2H3,(H,61,64). The number of esters is 1. The number of carbonyl (C=O) groups excluding carboxylic acids is 2. The number of aliphatic hydroxyl groups excluding tert-OH is 2. The predicted molar refractivity (Wildman–Crippen MR) is 287 cm³/mol. The van der Waals surface area contributed by atoms with Crippen molar-refractivity contribution in [2.45, 2.75) is 360 Å². The summed E-state index contributed by atoms with van der Waals surface area (Å²) in [5, 5.41) is 23.2. The van der Waals surface area contributed by atoms with Gasteiger partial charge in [0.25, 0.3) is 0 Å². The molecule has 0 spiro atoms. The second-order valence-corrected chi connectivity index (χ2v) is 21.1. The van der Waals surface area contributed by atoms with Gasteiger partial charge in [0.2, 0.25) is 5.91 Å². The van der Waals surface area contributed by atoms with Crippen LogP contribution in [0.5, 0.6) is 0 Å². The molecule has 2 atom stereocenters. The third kappa shape index (κ3) is 52.2. The fourth-order valence-corrected chi connectivity index (χ4v) is 9.76. The average molecular weight is 935 g/mol. The lowest BCUT2D eigenvalue weighted by Gasteiger charge is -2.22. The van der Waals surface area contributed by atoms with Crippen molar-refractivity contribution in [1.82, 2.24) is 5.32 Å². The zero-order valence-electron chi connectivity index (χ0n) is 45.0. The van der Waals surface area contributed by atoms with E-state index in [9.17, 15) is 19.8 Å². The van der Waals surface area contributed by atoms with E-state index in [1.54, 1.807) is 0 Å². The first-order valence-corrected chi connectivity index (χ1v) is 30.3. The Kier molecular flexibility index (Phi) is 55.5. The molecule has 0 aromatic heterocycles. The fraction of sp³-hybridized carbons (Fsp3) is 0.967. The largest absolute Gasteiger partial charge is 0.466 e. The number of carbonyl (C=O) groups is 2. The summed E-state index contributed by atoms with van der Waals surface area (Å²) in [6.07, 6.45) is 65.4. The van der Waals surface area contributed by atoms with Crippen molar-refractivity contribution in [3.63, 3.8) is 0 Å². The predicted octanol–water partition coefficient (Wildman–Crippen LogP) is 18.7. The van der Waals surface area contributed by atoms with E-state index >= 15 is 0 Å². The lowest BCUT2D eigenvalue weighted by Crippen LogP contribution is -2.45. The van der Waals surface area contributed by atoms with E-state index in [0.717, 1.165) is 38.5 Å². The van der Waals surface area contributed by atoms with Gasteiger partial charge in [0, 0.05) is 12.8 Å². The molecule has 0 radical (unpaired) electrons. The van der Waals surface area contributed by atoms with Crippen LogP contribution in [-0.2, 0) is 14.3 Å². The Balaban J connectivity index is 3.34. The number of aliphatic hydroxyl groups is 2. The Hall–Kier alpha value is -1.14. The SMILES string of the molecule is CCCCCCCCCCCCCCCC(=O)OCCCCCCCCCCCCCCCCCCCCCCCCCC(=O)NC(CO)C(O)CCCCCCCCCCCCCCC. The highest BCUT2D eigenvalue weighted by molar-refractivity contribution is 5.76. The Morgan fingerprint density at radius 1 is 0.364 bits per heavy atom. The lowest BCUT2D eigenvalue weighted by molar-refractivity contribution is -0.143. The van der Waals surface area contributed by atoms with Crippen molar-refractivity contribution in [2.75, 3.05) is 13.2 Å². The first-order chi connectivity index (χ1) is 32.5. The number of unbranched alkanes of at least 4 members (excludes halogenated alkanes) is 46. The van der Waals surface area contributed by atoms with E-state index in [2.05, 4.69) is 19.2 Å². The van der Waals surface area contributed by atoms with E-state index in [0.29, 0.717) is 25.9 Å². The van der Waals surface area contributed by atoms with Crippen LogP contribution in [0.1, 0.15) is 348 Å². The minimum absolute atomic E-state index is 0.0168. The summed E-state index contributed by atoms with van der Waals surface area (Å²) in [5.74, 6) is -0.0156.